The van der Waals surface area contributed by atoms with E-state index in [-0.39, 0.29) is 16.7 Å². The molecule has 0 radical (unpaired) electrons. The van der Waals surface area contributed by atoms with Crippen molar-refractivity contribution in [2.75, 3.05) is 19.5 Å². The predicted octanol–water partition coefficient (Wildman–Crippen LogP) is 3.99. The number of nitrogens with one attached hydrogen (secondary N) is 1. The smallest absolute Gasteiger partial charge is 0.260 e. The van der Waals surface area contributed by atoms with Crippen molar-refractivity contribution in [3.63, 3.8) is 0 Å². The van der Waals surface area contributed by atoms with Crippen molar-refractivity contribution in [2.24, 2.45) is 0 Å². The summed E-state index contributed by atoms with van der Waals surface area (Å²) in [7, 11) is 3.00. The van der Waals surface area contributed by atoms with Crippen LogP contribution in [0.15, 0.2) is 48.7 Å². The Kier molecular flexibility index (Phi) is 5.61. The minimum absolute atomic E-state index is 0.224. The van der Waals surface area contributed by atoms with E-state index in [0.29, 0.717) is 23.6 Å². The Morgan fingerprint density at radius 3 is 2.59 bits per heavy atom. The largest absolute Gasteiger partial charge is 0.497 e. The average molecular weight is 390 g/mol. The number of rotatable bonds is 6. The Hall–Kier alpha value is -3.06. The van der Waals surface area contributed by atoms with E-state index < -0.39 is 5.91 Å². The Bertz CT molecular complexity index is 957. The monoisotopic (exact) mass is 389 g/mol. The van der Waals surface area contributed by atoms with Crippen LogP contribution in [0.5, 0.6) is 11.5 Å². The van der Waals surface area contributed by atoms with Gasteiger partial charge in [0.1, 0.15) is 22.3 Å². The van der Waals surface area contributed by atoms with Gasteiger partial charge in [-0.15, -0.1) is 0 Å². The second kappa shape index (κ2) is 8.09. The number of ether oxygens (including phenoxy) is 2. The Balaban J connectivity index is 1.77. The zero-order chi connectivity index (χ0) is 19.4. The Labute approximate surface area is 160 Å². The molecule has 1 aromatic heterocycles. The lowest BCUT2D eigenvalue weighted by atomic mass is 10.1. The third-order valence-corrected chi connectivity index (χ3v) is 4.14. The summed E-state index contributed by atoms with van der Waals surface area (Å²) in [5.74, 6) is 0.447. The molecule has 0 fully saturated rings. The maximum absolute atomic E-state index is 13.0. The van der Waals surface area contributed by atoms with E-state index in [9.17, 15) is 9.18 Å². The van der Waals surface area contributed by atoms with E-state index in [1.807, 2.05) is 0 Å². The van der Waals surface area contributed by atoms with Gasteiger partial charge < -0.3 is 14.8 Å². The molecule has 0 aliphatic carbocycles. The highest BCUT2D eigenvalue weighted by atomic mass is 35.5. The summed E-state index contributed by atoms with van der Waals surface area (Å²) in [4.78, 5) is 12.6. The molecule has 6 nitrogen and oxygen atoms in total. The molecule has 1 amide bonds. The zero-order valence-corrected chi connectivity index (χ0v) is 15.5. The normalized spacial score (nSPS) is 10.5. The number of nitrogens with zero attached hydrogens (tertiary/aromatic N) is 2. The summed E-state index contributed by atoms with van der Waals surface area (Å²) >= 11 is 6.18. The summed E-state index contributed by atoms with van der Waals surface area (Å²) in [5.41, 5.74) is 1.17. The van der Waals surface area contributed by atoms with Gasteiger partial charge in [0.25, 0.3) is 5.91 Å². The molecular weight excluding hydrogens is 373 g/mol. The third kappa shape index (κ3) is 4.38. The first-order valence-electron chi connectivity index (χ1n) is 8.01. The summed E-state index contributed by atoms with van der Waals surface area (Å²) in [6, 6.07) is 10.9. The van der Waals surface area contributed by atoms with Crippen LogP contribution < -0.4 is 14.8 Å². The quantitative estimate of drug-likeness (QED) is 0.692. The van der Waals surface area contributed by atoms with Crippen LogP contribution in [-0.2, 0) is 6.54 Å². The molecule has 140 valence electrons. The number of aromatic nitrogens is 2. The lowest BCUT2D eigenvalue weighted by Crippen LogP contribution is -2.14. The van der Waals surface area contributed by atoms with E-state index in [1.54, 1.807) is 41.2 Å². The van der Waals surface area contributed by atoms with Crippen molar-refractivity contribution >= 4 is 23.3 Å². The highest BCUT2D eigenvalue weighted by molar-refractivity contribution is 6.33. The van der Waals surface area contributed by atoms with Crippen molar-refractivity contribution in [3.05, 3.63) is 70.6 Å². The first kappa shape index (κ1) is 18.7. The first-order valence-corrected chi connectivity index (χ1v) is 8.38. The third-order valence-electron chi connectivity index (χ3n) is 3.86. The minimum atomic E-state index is -0.413. The predicted molar refractivity (Wildman–Crippen MR) is 100 cm³/mol. The molecule has 1 heterocycles. The maximum atomic E-state index is 13.0. The standard InChI is InChI=1S/C19H17ClFN3O3/c1-26-14-7-8-15(17(9-14)27-2)19(25)22-18-16(20)11-24(23-18)10-12-3-5-13(21)6-4-12/h3-9,11H,10H2,1-2H3,(H,22,23,25). The van der Waals surface area contributed by atoms with Gasteiger partial charge in [-0.1, -0.05) is 23.7 Å². The minimum Gasteiger partial charge on any atom is -0.497 e. The molecule has 1 N–H and O–H groups in total. The lowest BCUT2D eigenvalue weighted by molar-refractivity contribution is 0.102. The van der Waals surface area contributed by atoms with Crippen LogP contribution in [0.25, 0.3) is 0 Å². The Morgan fingerprint density at radius 2 is 1.93 bits per heavy atom. The van der Waals surface area contributed by atoms with Crippen LogP contribution in [0, 0.1) is 5.82 Å². The number of hydrogen-bond acceptors (Lipinski definition) is 4. The molecule has 2 aromatic carbocycles. The molecule has 0 spiro atoms. The lowest BCUT2D eigenvalue weighted by Gasteiger charge is -2.10. The van der Waals surface area contributed by atoms with Gasteiger partial charge in [0.2, 0.25) is 0 Å². The summed E-state index contributed by atoms with van der Waals surface area (Å²) in [6.45, 7) is 0.391. The number of halogens is 2. The first-order chi connectivity index (χ1) is 13.0. The zero-order valence-electron chi connectivity index (χ0n) is 14.7. The topological polar surface area (TPSA) is 65.4 Å². The Morgan fingerprint density at radius 1 is 1.19 bits per heavy atom. The number of hydrogen-bond donors (Lipinski definition) is 1. The van der Waals surface area contributed by atoms with Crippen LogP contribution in [0.2, 0.25) is 5.02 Å². The van der Waals surface area contributed by atoms with E-state index in [0.717, 1.165) is 5.56 Å². The molecule has 0 saturated carbocycles. The van der Waals surface area contributed by atoms with E-state index in [2.05, 4.69) is 10.4 Å². The van der Waals surface area contributed by atoms with Crippen LogP contribution in [-0.4, -0.2) is 29.9 Å². The van der Waals surface area contributed by atoms with Crippen molar-refractivity contribution in [2.45, 2.75) is 6.54 Å². The maximum Gasteiger partial charge on any atom is 0.260 e. The second-order valence-corrected chi connectivity index (χ2v) is 6.08. The number of carbonyl (C=O) groups is 1. The van der Waals surface area contributed by atoms with Crippen LogP contribution >= 0.6 is 11.6 Å². The van der Waals surface area contributed by atoms with Gasteiger partial charge >= 0.3 is 0 Å². The van der Waals surface area contributed by atoms with Crippen molar-refractivity contribution in [3.8, 4) is 11.5 Å². The fourth-order valence-corrected chi connectivity index (χ4v) is 2.70. The highest BCUT2D eigenvalue weighted by Gasteiger charge is 2.17. The number of benzene rings is 2. The molecule has 3 rings (SSSR count). The van der Waals surface area contributed by atoms with Crippen molar-refractivity contribution < 1.29 is 18.7 Å². The van der Waals surface area contributed by atoms with Gasteiger partial charge in [-0.2, -0.15) is 5.10 Å². The van der Waals surface area contributed by atoms with Gasteiger partial charge in [0.15, 0.2) is 5.82 Å². The molecule has 0 bridgehead atoms. The molecule has 0 saturated heterocycles. The number of methoxy groups -OCH3 is 2. The number of carbonyl (C=O) groups excluding carboxylic acids is 1. The highest BCUT2D eigenvalue weighted by Crippen LogP contribution is 2.27. The molecule has 0 aliphatic rings. The molecule has 3 aromatic rings. The van der Waals surface area contributed by atoms with Crippen LogP contribution in [0.4, 0.5) is 10.2 Å². The summed E-state index contributed by atoms with van der Waals surface area (Å²) < 4.78 is 24.9. The van der Waals surface area contributed by atoms with Gasteiger partial charge in [-0.3, -0.25) is 9.48 Å². The molecule has 0 atom stereocenters. The van der Waals surface area contributed by atoms with Crippen LogP contribution in [0.3, 0.4) is 0 Å². The van der Waals surface area contributed by atoms with Gasteiger partial charge in [-0.05, 0) is 29.8 Å². The van der Waals surface area contributed by atoms with E-state index >= 15 is 0 Å². The summed E-state index contributed by atoms with van der Waals surface area (Å²) in [6.07, 6.45) is 1.59. The molecule has 27 heavy (non-hydrogen) atoms. The number of anilines is 1. The van der Waals surface area contributed by atoms with Gasteiger partial charge in [-0.25, -0.2) is 4.39 Å². The molecule has 0 unspecified atom stereocenters. The fourth-order valence-electron chi connectivity index (χ4n) is 2.50. The van der Waals surface area contributed by atoms with E-state index in [1.165, 1.54) is 26.4 Å². The van der Waals surface area contributed by atoms with Crippen molar-refractivity contribution in [1.29, 1.82) is 0 Å². The SMILES string of the molecule is COc1ccc(C(=O)Nc2nn(Cc3ccc(F)cc3)cc2Cl)c(OC)c1. The van der Waals surface area contributed by atoms with Gasteiger partial charge in [0.05, 0.1) is 26.3 Å². The number of amides is 1. The molecule has 8 heteroatoms. The van der Waals surface area contributed by atoms with Crippen molar-refractivity contribution in [1.82, 2.24) is 9.78 Å². The van der Waals surface area contributed by atoms with Crippen LogP contribution in [0.1, 0.15) is 15.9 Å². The fraction of sp³-hybridized carbons (Fsp3) is 0.158. The average Bonchev–Trinajstić information content (AvgIpc) is 3.01. The summed E-state index contributed by atoms with van der Waals surface area (Å²) in [5, 5.41) is 7.24. The van der Waals surface area contributed by atoms with E-state index in [4.69, 9.17) is 21.1 Å². The second-order valence-electron chi connectivity index (χ2n) is 5.67. The molecular formula is C19H17ClFN3O3. The molecule has 0 aliphatic heterocycles. The van der Waals surface area contributed by atoms with Gasteiger partial charge in [0, 0.05) is 12.3 Å².